The minimum Gasteiger partial charge on any atom is -0.379 e. The second-order valence-electron chi connectivity index (χ2n) is 7.25. The molecule has 7 heteroatoms. The maximum atomic E-state index is 5.55. The van der Waals surface area contributed by atoms with E-state index >= 15 is 0 Å². The third-order valence-electron chi connectivity index (χ3n) is 5.29. The van der Waals surface area contributed by atoms with Crippen molar-refractivity contribution in [2.45, 2.75) is 19.5 Å². The molecule has 0 aliphatic carbocycles. The molecule has 4 rings (SSSR count). The van der Waals surface area contributed by atoms with Crippen molar-refractivity contribution >= 4 is 28.2 Å². The normalized spacial score (nSPS) is 16.5. The van der Waals surface area contributed by atoms with E-state index in [1.165, 1.54) is 4.88 Å². The molecule has 1 aliphatic heterocycles. The summed E-state index contributed by atoms with van der Waals surface area (Å²) in [7, 11) is 0. The summed E-state index contributed by atoms with van der Waals surface area (Å²) in [5.41, 5.74) is 2.15. The number of nitrogens with zero attached hydrogens (tertiary/aromatic N) is 3. The molecule has 1 atom stereocenters. The Hall–Kier alpha value is -2.48. The maximum absolute atomic E-state index is 5.55. The zero-order valence-corrected chi connectivity index (χ0v) is 18.2. The smallest absolute Gasteiger partial charge is 0.191 e. The predicted molar refractivity (Wildman–Crippen MR) is 124 cm³/mol. The van der Waals surface area contributed by atoms with Gasteiger partial charge in [0.05, 0.1) is 31.3 Å². The summed E-state index contributed by atoms with van der Waals surface area (Å²) in [6.07, 6.45) is 1.84. The van der Waals surface area contributed by atoms with E-state index in [0.29, 0.717) is 12.6 Å². The summed E-state index contributed by atoms with van der Waals surface area (Å²) >= 11 is 1.81. The van der Waals surface area contributed by atoms with Crippen LogP contribution in [0.15, 0.2) is 59.0 Å². The molecule has 0 amide bonds. The predicted octanol–water partition coefficient (Wildman–Crippen LogP) is 3.42. The number of ether oxygens (including phenoxy) is 1. The zero-order chi connectivity index (χ0) is 20.6. The van der Waals surface area contributed by atoms with Gasteiger partial charge in [0.15, 0.2) is 5.96 Å². The Kier molecular flexibility index (Phi) is 7.29. The molecule has 1 unspecified atom stereocenters. The third-order valence-corrected chi connectivity index (χ3v) is 6.26. The lowest BCUT2D eigenvalue weighted by molar-refractivity contribution is 0.0177. The molecule has 2 aromatic heterocycles. The minimum atomic E-state index is 0.317. The van der Waals surface area contributed by atoms with Crippen LogP contribution in [0.3, 0.4) is 0 Å². The Morgan fingerprint density at radius 2 is 2.03 bits per heavy atom. The van der Waals surface area contributed by atoms with Crippen LogP contribution in [-0.4, -0.2) is 55.2 Å². The molecule has 6 nitrogen and oxygen atoms in total. The molecular weight excluding hydrogens is 394 g/mol. The molecule has 1 saturated heterocycles. The average molecular weight is 424 g/mol. The summed E-state index contributed by atoms with van der Waals surface area (Å²) in [4.78, 5) is 13.3. The molecule has 158 valence electrons. The van der Waals surface area contributed by atoms with E-state index in [9.17, 15) is 0 Å². The number of nitrogens with one attached hydrogen (secondary N) is 2. The number of morpholine rings is 1. The second kappa shape index (κ2) is 10.5. The van der Waals surface area contributed by atoms with E-state index in [1.807, 2.05) is 23.6 Å². The molecule has 1 aliphatic rings. The van der Waals surface area contributed by atoms with E-state index in [1.54, 1.807) is 0 Å². The Morgan fingerprint density at radius 1 is 1.17 bits per heavy atom. The van der Waals surface area contributed by atoms with Crippen LogP contribution in [0, 0.1) is 0 Å². The van der Waals surface area contributed by atoms with Crippen LogP contribution in [0.4, 0.5) is 0 Å². The van der Waals surface area contributed by atoms with E-state index in [-0.39, 0.29) is 0 Å². The zero-order valence-electron chi connectivity index (χ0n) is 17.4. The second-order valence-corrected chi connectivity index (χ2v) is 8.23. The fourth-order valence-electron chi connectivity index (χ4n) is 3.77. The molecule has 1 fully saturated rings. The highest BCUT2D eigenvalue weighted by Crippen LogP contribution is 2.25. The first-order valence-corrected chi connectivity index (χ1v) is 11.4. The lowest BCUT2D eigenvalue weighted by Gasteiger charge is -2.34. The number of rotatable bonds is 7. The van der Waals surface area contributed by atoms with Crippen molar-refractivity contribution in [2.75, 3.05) is 39.4 Å². The first-order chi connectivity index (χ1) is 14.8. The van der Waals surface area contributed by atoms with Gasteiger partial charge in [-0.3, -0.25) is 9.88 Å². The van der Waals surface area contributed by atoms with Gasteiger partial charge in [0.25, 0.3) is 0 Å². The standard InChI is InChI=1S/C23H29N5OS/c1-2-24-23(26-16-19-7-3-6-18-8-4-10-25-22(18)19)27-17-20(21-9-5-15-30-21)28-11-13-29-14-12-28/h3-10,15,20H,2,11-14,16-17H2,1H3,(H2,24,26,27). The Labute approximate surface area is 182 Å². The van der Waals surface area contributed by atoms with E-state index in [2.05, 4.69) is 69.2 Å². The van der Waals surface area contributed by atoms with Crippen molar-refractivity contribution in [3.8, 4) is 0 Å². The van der Waals surface area contributed by atoms with Crippen LogP contribution < -0.4 is 10.6 Å². The summed E-state index contributed by atoms with van der Waals surface area (Å²) in [5, 5.41) is 10.2. The molecule has 0 saturated carbocycles. The number of benzene rings is 1. The molecule has 0 radical (unpaired) electrons. The molecule has 3 aromatic rings. The first-order valence-electron chi connectivity index (χ1n) is 10.5. The van der Waals surface area contributed by atoms with Gasteiger partial charge in [0.2, 0.25) is 0 Å². The van der Waals surface area contributed by atoms with E-state index in [0.717, 1.165) is 61.8 Å². The Balaban J connectivity index is 1.47. The highest BCUT2D eigenvalue weighted by atomic mass is 32.1. The van der Waals surface area contributed by atoms with Crippen molar-refractivity contribution in [2.24, 2.45) is 4.99 Å². The van der Waals surface area contributed by atoms with Crippen molar-refractivity contribution in [3.05, 3.63) is 64.5 Å². The number of fused-ring (bicyclic) bond motifs is 1. The number of thiophene rings is 1. The molecular formula is C23H29N5OS. The number of hydrogen-bond donors (Lipinski definition) is 2. The third kappa shape index (κ3) is 5.16. The van der Waals surface area contributed by atoms with Crippen molar-refractivity contribution in [3.63, 3.8) is 0 Å². The van der Waals surface area contributed by atoms with Crippen molar-refractivity contribution in [1.29, 1.82) is 0 Å². The largest absolute Gasteiger partial charge is 0.379 e. The van der Waals surface area contributed by atoms with E-state index < -0.39 is 0 Å². The fourth-order valence-corrected chi connectivity index (χ4v) is 4.63. The molecule has 3 heterocycles. The molecule has 30 heavy (non-hydrogen) atoms. The van der Waals surface area contributed by atoms with Gasteiger partial charge in [0, 0.05) is 42.6 Å². The number of aliphatic imine (C=N–C) groups is 1. The topological polar surface area (TPSA) is 61.8 Å². The van der Waals surface area contributed by atoms with Gasteiger partial charge in [-0.2, -0.15) is 0 Å². The highest BCUT2D eigenvalue weighted by molar-refractivity contribution is 7.10. The lowest BCUT2D eigenvalue weighted by Crippen LogP contribution is -2.46. The van der Waals surface area contributed by atoms with Gasteiger partial charge in [-0.05, 0) is 30.0 Å². The van der Waals surface area contributed by atoms with Gasteiger partial charge < -0.3 is 15.4 Å². The van der Waals surface area contributed by atoms with Crippen LogP contribution in [0.2, 0.25) is 0 Å². The van der Waals surface area contributed by atoms with Crippen molar-refractivity contribution < 1.29 is 4.74 Å². The highest BCUT2D eigenvalue weighted by Gasteiger charge is 2.23. The van der Waals surface area contributed by atoms with Crippen LogP contribution in [0.1, 0.15) is 23.4 Å². The Morgan fingerprint density at radius 3 is 2.83 bits per heavy atom. The number of guanidine groups is 1. The maximum Gasteiger partial charge on any atom is 0.191 e. The number of para-hydroxylation sites is 1. The van der Waals surface area contributed by atoms with E-state index in [4.69, 9.17) is 9.73 Å². The molecule has 0 spiro atoms. The lowest BCUT2D eigenvalue weighted by atomic mass is 10.1. The van der Waals surface area contributed by atoms with Gasteiger partial charge in [-0.1, -0.05) is 30.3 Å². The quantitative estimate of drug-likeness (QED) is 0.450. The number of aromatic nitrogens is 1. The Bertz CT molecular complexity index is 948. The van der Waals surface area contributed by atoms with Crippen LogP contribution in [0.5, 0.6) is 0 Å². The SMILES string of the molecule is CCNC(=NCc1cccc2cccnc12)NCC(c1cccs1)N1CCOCC1. The molecule has 2 N–H and O–H groups in total. The van der Waals surface area contributed by atoms with Crippen LogP contribution >= 0.6 is 11.3 Å². The first kappa shape index (κ1) is 20.8. The van der Waals surface area contributed by atoms with Gasteiger partial charge >= 0.3 is 0 Å². The van der Waals surface area contributed by atoms with Gasteiger partial charge in [0.1, 0.15) is 0 Å². The summed E-state index contributed by atoms with van der Waals surface area (Å²) in [6, 6.07) is 15.0. The monoisotopic (exact) mass is 423 g/mol. The summed E-state index contributed by atoms with van der Waals surface area (Å²) in [6.45, 7) is 7.81. The van der Waals surface area contributed by atoms with Crippen LogP contribution in [-0.2, 0) is 11.3 Å². The van der Waals surface area contributed by atoms with Crippen molar-refractivity contribution in [1.82, 2.24) is 20.5 Å². The number of hydrogen-bond acceptors (Lipinski definition) is 5. The van der Waals surface area contributed by atoms with Gasteiger partial charge in [-0.15, -0.1) is 11.3 Å². The molecule has 0 bridgehead atoms. The summed E-state index contributed by atoms with van der Waals surface area (Å²) in [5.74, 6) is 0.834. The minimum absolute atomic E-state index is 0.317. The average Bonchev–Trinajstić information content (AvgIpc) is 3.33. The van der Waals surface area contributed by atoms with Crippen LogP contribution in [0.25, 0.3) is 10.9 Å². The number of pyridine rings is 1. The summed E-state index contributed by atoms with van der Waals surface area (Å²) < 4.78 is 5.55. The fraction of sp³-hybridized carbons (Fsp3) is 0.391. The molecule has 1 aromatic carbocycles. The van der Waals surface area contributed by atoms with Gasteiger partial charge in [-0.25, -0.2) is 4.99 Å².